The zero-order chi connectivity index (χ0) is 14.6. The zero-order valence-corrected chi connectivity index (χ0v) is 13.5. The second kappa shape index (κ2) is 6.69. The van der Waals surface area contributed by atoms with Gasteiger partial charge in [-0.25, -0.2) is 0 Å². The molecule has 1 amide bonds. The van der Waals surface area contributed by atoms with Crippen LogP contribution in [-0.4, -0.2) is 16.9 Å². The van der Waals surface area contributed by atoms with Gasteiger partial charge in [0, 0.05) is 6.04 Å². The van der Waals surface area contributed by atoms with Crippen LogP contribution in [0.4, 0.5) is 0 Å². The van der Waals surface area contributed by atoms with Gasteiger partial charge >= 0.3 is 0 Å². The molecule has 0 aromatic rings. The molecule has 3 unspecified atom stereocenters. The summed E-state index contributed by atoms with van der Waals surface area (Å²) in [6.45, 7) is 8.52. The number of carbonyl (C=O) groups excluding carboxylic acids is 1. The maximum atomic E-state index is 12.5. The van der Waals surface area contributed by atoms with E-state index in [9.17, 15) is 4.79 Å². The van der Waals surface area contributed by atoms with Crippen molar-refractivity contribution in [1.82, 2.24) is 5.32 Å². The van der Waals surface area contributed by atoms with Crippen molar-refractivity contribution in [2.75, 3.05) is 0 Å². The molecule has 3 atom stereocenters. The molecule has 0 aromatic heterocycles. The molecule has 0 spiro atoms. The monoisotopic (exact) mass is 284 g/mol. The Morgan fingerprint density at radius 1 is 1.26 bits per heavy atom. The summed E-state index contributed by atoms with van der Waals surface area (Å²) < 4.78 is 0. The first-order valence-electron chi connectivity index (χ1n) is 7.48. The van der Waals surface area contributed by atoms with Gasteiger partial charge in [0.15, 0.2) is 0 Å². The van der Waals surface area contributed by atoms with Crippen molar-refractivity contribution < 1.29 is 4.79 Å². The standard InChI is InChI=1S/C15H28N2OS/c1-5-15(6-2,13(16)19)14(18)17-12-8-7-10(3)11(4)9-12/h10-12H,5-9H2,1-4H3,(H2,16,19)(H,17,18). The highest BCUT2D eigenvalue weighted by molar-refractivity contribution is 7.80. The molecular weight excluding hydrogens is 256 g/mol. The van der Waals surface area contributed by atoms with Crippen LogP contribution in [0.1, 0.15) is 59.8 Å². The Balaban J connectivity index is 2.70. The fourth-order valence-corrected chi connectivity index (χ4v) is 3.42. The largest absolute Gasteiger partial charge is 0.392 e. The molecule has 19 heavy (non-hydrogen) atoms. The molecule has 0 aliphatic heterocycles. The van der Waals surface area contributed by atoms with Crippen LogP contribution in [0.25, 0.3) is 0 Å². The highest BCUT2D eigenvalue weighted by Gasteiger charge is 2.39. The van der Waals surface area contributed by atoms with Crippen molar-refractivity contribution in [3.8, 4) is 0 Å². The van der Waals surface area contributed by atoms with E-state index in [1.165, 1.54) is 6.42 Å². The summed E-state index contributed by atoms with van der Waals surface area (Å²) in [7, 11) is 0. The van der Waals surface area contributed by atoms with Crippen LogP contribution in [0.15, 0.2) is 0 Å². The Labute approximate surface area is 122 Å². The van der Waals surface area contributed by atoms with E-state index in [0.717, 1.165) is 18.8 Å². The van der Waals surface area contributed by atoms with E-state index in [4.69, 9.17) is 18.0 Å². The first-order chi connectivity index (χ1) is 8.87. The van der Waals surface area contributed by atoms with Crippen LogP contribution in [0.2, 0.25) is 0 Å². The summed E-state index contributed by atoms with van der Waals surface area (Å²) in [5, 5.41) is 3.19. The molecule has 3 nitrogen and oxygen atoms in total. The SMILES string of the molecule is CCC(CC)(C(=O)NC1CCC(C)C(C)C1)C(N)=S. The lowest BCUT2D eigenvalue weighted by atomic mass is 9.77. The molecule has 1 rings (SSSR count). The normalized spacial score (nSPS) is 27.9. The predicted octanol–water partition coefficient (Wildman–Crippen LogP) is 3.02. The van der Waals surface area contributed by atoms with Crippen molar-refractivity contribution in [3.63, 3.8) is 0 Å². The molecule has 3 N–H and O–H groups in total. The number of rotatable bonds is 5. The quantitative estimate of drug-likeness (QED) is 0.763. The van der Waals surface area contributed by atoms with Crippen molar-refractivity contribution in [2.45, 2.75) is 65.8 Å². The minimum atomic E-state index is -0.665. The Bertz CT molecular complexity index is 339. The first-order valence-corrected chi connectivity index (χ1v) is 7.89. The van der Waals surface area contributed by atoms with Gasteiger partial charge in [-0.1, -0.05) is 39.9 Å². The van der Waals surface area contributed by atoms with Gasteiger partial charge in [-0.05, 0) is 43.9 Å². The van der Waals surface area contributed by atoms with Crippen LogP contribution in [0.5, 0.6) is 0 Å². The average Bonchev–Trinajstić information content (AvgIpc) is 2.35. The highest BCUT2D eigenvalue weighted by atomic mass is 32.1. The number of thiocarbonyl (C=S) groups is 1. The summed E-state index contributed by atoms with van der Waals surface area (Å²) in [6.07, 6.45) is 4.66. The molecule has 0 bridgehead atoms. The minimum Gasteiger partial charge on any atom is -0.392 e. The van der Waals surface area contributed by atoms with Gasteiger partial charge in [0.05, 0.1) is 10.4 Å². The van der Waals surface area contributed by atoms with Crippen LogP contribution in [0, 0.1) is 17.3 Å². The number of carbonyl (C=O) groups is 1. The Hall–Kier alpha value is -0.640. The third-order valence-corrected chi connectivity index (χ3v) is 5.44. The first kappa shape index (κ1) is 16.4. The van der Waals surface area contributed by atoms with Crippen LogP contribution < -0.4 is 11.1 Å². The molecule has 0 heterocycles. The van der Waals surface area contributed by atoms with E-state index in [2.05, 4.69) is 19.2 Å². The second-order valence-corrected chi connectivity index (χ2v) is 6.53. The summed E-state index contributed by atoms with van der Waals surface area (Å²) in [5.74, 6) is 1.45. The Morgan fingerprint density at radius 2 is 1.84 bits per heavy atom. The Kier molecular flexibility index (Phi) is 5.78. The van der Waals surface area contributed by atoms with Crippen LogP contribution >= 0.6 is 12.2 Å². The number of nitrogens with one attached hydrogen (secondary N) is 1. The van der Waals surface area contributed by atoms with E-state index in [0.29, 0.717) is 23.7 Å². The van der Waals surface area contributed by atoms with E-state index in [1.54, 1.807) is 0 Å². The highest BCUT2D eigenvalue weighted by Crippen LogP contribution is 2.32. The van der Waals surface area contributed by atoms with Crippen molar-refractivity contribution in [2.24, 2.45) is 23.0 Å². The minimum absolute atomic E-state index is 0.0248. The van der Waals surface area contributed by atoms with Crippen molar-refractivity contribution >= 4 is 23.1 Å². The zero-order valence-electron chi connectivity index (χ0n) is 12.7. The number of nitrogens with two attached hydrogens (primary N) is 1. The topological polar surface area (TPSA) is 55.1 Å². The number of hydrogen-bond donors (Lipinski definition) is 2. The molecular formula is C15H28N2OS. The van der Waals surface area contributed by atoms with E-state index < -0.39 is 5.41 Å². The Morgan fingerprint density at radius 3 is 2.26 bits per heavy atom. The van der Waals surface area contributed by atoms with Crippen molar-refractivity contribution in [1.29, 1.82) is 0 Å². The predicted molar refractivity (Wildman–Crippen MR) is 83.9 cm³/mol. The van der Waals surface area contributed by atoms with Crippen LogP contribution in [0.3, 0.4) is 0 Å². The third-order valence-electron chi connectivity index (χ3n) is 5.05. The van der Waals surface area contributed by atoms with Gasteiger partial charge in [0.1, 0.15) is 0 Å². The summed E-state index contributed by atoms with van der Waals surface area (Å²) in [6, 6.07) is 0.283. The van der Waals surface area contributed by atoms with Gasteiger partial charge in [0.25, 0.3) is 0 Å². The third kappa shape index (κ3) is 3.47. The van der Waals surface area contributed by atoms with Gasteiger partial charge in [0.2, 0.25) is 5.91 Å². The number of amides is 1. The van der Waals surface area contributed by atoms with Gasteiger partial charge < -0.3 is 11.1 Å². The van der Waals surface area contributed by atoms with E-state index >= 15 is 0 Å². The van der Waals surface area contributed by atoms with Crippen LogP contribution in [-0.2, 0) is 4.79 Å². The number of hydrogen-bond acceptors (Lipinski definition) is 2. The molecule has 0 radical (unpaired) electrons. The molecule has 1 aliphatic carbocycles. The summed E-state index contributed by atoms with van der Waals surface area (Å²) in [4.78, 5) is 12.9. The fourth-order valence-electron chi connectivity index (χ4n) is 3.03. The molecule has 110 valence electrons. The smallest absolute Gasteiger partial charge is 0.233 e. The van der Waals surface area contributed by atoms with Gasteiger partial charge in [-0.3, -0.25) is 4.79 Å². The lowest BCUT2D eigenvalue weighted by Crippen LogP contribution is -2.52. The molecule has 0 aromatic carbocycles. The van der Waals surface area contributed by atoms with E-state index in [1.807, 2.05) is 13.8 Å². The van der Waals surface area contributed by atoms with Gasteiger partial charge in [-0.2, -0.15) is 0 Å². The molecule has 1 aliphatic rings. The summed E-state index contributed by atoms with van der Waals surface area (Å²) >= 11 is 5.13. The summed E-state index contributed by atoms with van der Waals surface area (Å²) in [5.41, 5.74) is 5.15. The molecule has 1 saturated carbocycles. The van der Waals surface area contributed by atoms with Crippen molar-refractivity contribution in [3.05, 3.63) is 0 Å². The van der Waals surface area contributed by atoms with Gasteiger partial charge in [-0.15, -0.1) is 0 Å². The maximum absolute atomic E-state index is 12.5. The fraction of sp³-hybridized carbons (Fsp3) is 0.867. The maximum Gasteiger partial charge on any atom is 0.233 e. The molecule has 0 saturated heterocycles. The second-order valence-electron chi connectivity index (χ2n) is 6.09. The molecule has 4 heteroatoms. The lowest BCUT2D eigenvalue weighted by Gasteiger charge is -2.36. The average molecular weight is 284 g/mol. The molecule has 1 fully saturated rings. The lowest BCUT2D eigenvalue weighted by molar-refractivity contribution is -0.129. The van der Waals surface area contributed by atoms with E-state index in [-0.39, 0.29) is 11.9 Å².